The highest BCUT2D eigenvalue weighted by Gasteiger charge is 2.52. The lowest BCUT2D eigenvalue weighted by atomic mass is 9.62. The van der Waals surface area contributed by atoms with Gasteiger partial charge in [0.15, 0.2) is 0 Å². The fourth-order valence-electron chi connectivity index (χ4n) is 12.2. The molecule has 1 nitrogen and oxygen atoms in total. The molecule has 7 aromatic rings. The molecule has 0 saturated heterocycles. The molecule has 0 saturated carbocycles. The molecule has 0 N–H and O–H groups in total. The molecule has 4 aliphatic rings. The standard InChI is InChI=1S/C59H57N/c1-55(2)31-32-57(5,6)51-35-38(29-30-48(51)55)43-36-44-42-23-14-17-26-47(42)59(45-24-15-12-21-40(45)41-22-13-16-25-46(41)59)50(44)37-53(43)60(39-19-10-9-11-20-39)52-28-18-27-49-54(52)58(7,8)34-33-56(49,3)4/h9-30,35-37H,31-34H2,1-8H3. The van der Waals surface area contributed by atoms with E-state index in [1.165, 1.54) is 114 Å². The summed E-state index contributed by atoms with van der Waals surface area (Å²) in [5.74, 6) is 0. The van der Waals surface area contributed by atoms with E-state index in [0.29, 0.717) is 0 Å². The molecule has 0 amide bonds. The van der Waals surface area contributed by atoms with Crippen LogP contribution in [0.4, 0.5) is 17.1 Å². The van der Waals surface area contributed by atoms with E-state index in [4.69, 9.17) is 0 Å². The lowest BCUT2D eigenvalue weighted by Crippen LogP contribution is -2.35. The quantitative estimate of drug-likeness (QED) is 0.172. The Hall–Kier alpha value is -5.66. The van der Waals surface area contributed by atoms with Crippen LogP contribution in [0.2, 0.25) is 0 Å². The van der Waals surface area contributed by atoms with Gasteiger partial charge in [-0.2, -0.15) is 0 Å². The first-order valence-electron chi connectivity index (χ1n) is 22.4. The van der Waals surface area contributed by atoms with Crippen LogP contribution in [0.25, 0.3) is 33.4 Å². The van der Waals surface area contributed by atoms with Gasteiger partial charge in [-0.05, 0) is 150 Å². The summed E-state index contributed by atoms with van der Waals surface area (Å²) < 4.78 is 0. The zero-order valence-electron chi connectivity index (χ0n) is 36.7. The Morgan fingerprint density at radius 2 is 0.833 bits per heavy atom. The number of anilines is 3. The van der Waals surface area contributed by atoms with E-state index in [1.54, 1.807) is 0 Å². The van der Waals surface area contributed by atoms with Crippen LogP contribution < -0.4 is 4.90 Å². The topological polar surface area (TPSA) is 3.24 Å². The van der Waals surface area contributed by atoms with Crippen LogP contribution in [-0.4, -0.2) is 0 Å². The van der Waals surface area contributed by atoms with Crippen LogP contribution in [0.1, 0.15) is 126 Å². The fourth-order valence-corrected chi connectivity index (χ4v) is 12.2. The zero-order chi connectivity index (χ0) is 41.4. The summed E-state index contributed by atoms with van der Waals surface area (Å²) in [5.41, 5.74) is 22.8. The van der Waals surface area contributed by atoms with Crippen molar-refractivity contribution in [2.45, 2.75) is 108 Å². The predicted molar refractivity (Wildman–Crippen MR) is 253 cm³/mol. The van der Waals surface area contributed by atoms with Crippen molar-refractivity contribution in [3.8, 4) is 33.4 Å². The van der Waals surface area contributed by atoms with Crippen LogP contribution in [0.15, 0.2) is 152 Å². The SMILES string of the molecule is CC1(C)CCC(C)(C)c2cc(-c3cc4c(cc3N(c3ccccc3)c3cccc5c3C(C)(C)CCC5(C)C)C3(c5ccccc5-c5ccccc53)c3ccccc3-4)ccc21. The maximum Gasteiger partial charge on any atom is 0.0726 e. The van der Waals surface area contributed by atoms with E-state index in [2.05, 4.69) is 212 Å². The Morgan fingerprint density at radius 1 is 0.333 bits per heavy atom. The van der Waals surface area contributed by atoms with Crippen LogP contribution in [0, 0.1) is 0 Å². The van der Waals surface area contributed by atoms with Crippen LogP contribution in [0.3, 0.4) is 0 Å². The average Bonchev–Trinajstić information content (AvgIpc) is 3.71. The molecule has 1 heteroatoms. The molecule has 0 radical (unpaired) electrons. The largest absolute Gasteiger partial charge is 0.310 e. The number of rotatable bonds is 4. The van der Waals surface area contributed by atoms with Gasteiger partial charge in [-0.25, -0.2) is 0 Å². The van der Waals surface area contributed by atoms with Crippen LogP contribution in [-0.2, 0) is 27.1 Å². The molecule has 0 aliphatic heterocycles. The third-order valence-electron chi connectivity index (χ3n) is 15.6. The highest BCUT2D eigenvalue weighted by molar-refractivity contribution is 6.00. The molecule has 0 unspecified atom stereocenters. The Balaban J connectivity index is 1.29. The normalized spacial score (nSPS) is 18.7. The van der Waals surface area contributed by atoms with E-state index in [1.807, 2.05) is 0 Å². The van der Waals surface area contributed by atoms with Crippen molar-refractivity contribution < 1.29 is 0 Å². The molecular formula is C59H57N. The van der Waals surface area contributed by atoms with Crippen molar-refractivity contribution in [3.05, 3.63) is 196 Å². The van der Waals surface area contributed by atoms with Gasteiger partial charge in [-0.15, -0.1) is 0 Å². The summed E-state index contributed by atoms with van der Waals surface area (Å²) in [7, 11) is 0. The molecule has 0 fully saturated rings. The lowest BCUT2D eigenvalue weighted by molar-refractivity contribution is 0.332. The highest BCUT2D eigenvalue weighted by atomic mass is 15.1. The number of hydrogen-bond donors (Lipinski definition) is 0. The van der Waals surface area contributed by atoms with Gasteiger partial charge in [-0.1, -0.05) is 177 Å². The second-order valence-corrected chi connectivity index (χ2v) is 21.0. The second kappa shape index (κ2) is 12.7. The highest BCUT2D eigenvalue weighted by Crippen LogP contribution is 2.65. The molecule has 0 atom stereocenters. The number of fused-ring (bicyclic) bond motifs is 12. The molecule has 7 aromatic carbocycles. The molecule has 0 aromatic heterocycles. The molecule has 0 bridgehead atoms. The Bertz CT molecular complexity index is 2840. The summed E-state index contributed by atoms with van der Waals surface area (Å²) in [6.07, 6.45) is 4.70. The average molecular weight is 780 g/mol. The second-order valence-electron chi connectivity index (χ2n) is 21.0. The van der Waals surface area contributed by atoms with Gasteiger partial charge in [0, 0.05) is 11.3 Å². The van der Waals surface area contributed by atoms with Gasteiger partial charge in [0.1, 0.15) is 0 Å². The van der Waals surface area contributed by atoms with Gasteiger partial charge in [0.25, 0.3) is 0 Å². The first kappa shape index (κ1) is 37.3. The maximum absolute atomic E-state index is 2.65. The molecule has 0 heterocycles. The Labute approximate surface area is 358 Å². The monoisotopic (exact) mass is 779 g/mol. The number of benzene rings is 7. The lowest BCUT2D eigenvalue weighted by Gasteiger charge is -2.45. The van der Waals surface area contributed by atoms with E-state index in [9.17, 15) is 0 Å². The minimum absolute atomic E-state index is 0.00636. The van der Waals surface area contributed by atoms with Crippen molar-refractivity contribution >= 4 is 17.1 Å². The predicted octanol–water partition coefficient (Wildman–Crippen LogP) is 15.9. The van der Waals surface area contributed by atoms with Gasteiger partial charge < -0.3 is 4.90 Å². The summed E-state index contributed by atoms with van der Waals surface area (Å²) in [5, 5.41) is 0. The molecule has 11 rings (SSSR count). The molecule has 60 heavy (non-hydrogen) atoms. The van der Waals surface area contributed by atoms with Gasteiger partial charge in [0.2, 0.25) is 0 Å². The van der Waals surface area contributed by atoms with Gasteiger partial charge in [-0.3, -0.25) is 0 Å². The Morgan fingerprint density at radius 3 is 1.45 bits per heavy atom. The van der Waals surface area contributed by atoms with Crippen molar-refractivity contribution in [2.75, 3.05) is 4.90 Å². The minimum atomic E-state index is -0.450. The molecular weight excluding hydrogens is 723 g/mol. The third kappa shape index (κ3) is 5.11. The minimum Gasteiger partial charge on any atom is -0.310 e. The first-order valence-corrected chi connectivity index (χ1v) is 22.4. The smallest absolute Gasteiger partial charge is 0.0726 e. The van der Waals surface area contributed by atoms with E-state index in [-0.39, 0.29) is 21.7 Å². The van der Waals surface area contributed by atoms with Gasteiger partial charge in [0.05, 0.1) is 16.8 Å². The van der Waals surface area contributed by atoms with Crippen LogP contribution in [0.5, 0.6) is 0 Å². The van der Waals surface area contributed by atoms with Crippen molar-refractivity contribution in [1.82, 2.24) is 0 Å². The summed E-state index contributed by atoms with van der Waals surface area (Å²) in [6, 6.07) is 58.7. The van der Waals surface area contributed by atoms with Crippen LogP contribution >= 0.6 is 0 Å². The Kier molecular flexibility index (Phi) is 7.89. The molecule has 298 valence electrons. The number of para-hydroxylation sites is 1. The number of hydrogen-bond acceptors (Lipinski definition) is 1. The van der Waals surface area contributed by atoms with Crippen molar-refractivity contribution in [1.29, 1.82) is 0 Å². The van der Waals surface area contributed by atoms with Crippen molar-refractivity contribution in [3.63, 3.8) is 0 Å². The first-order chi connectivity index (χ1) is 28.7. The molecule has 1 spiro atoms. The van der Waals surface area contributed by atoms with Crippen molar-refractivity contribution in [2.24, 2.45) is 0 Å². The maximum atomic E-state index is 2.65. The molecule has 4 aliphatic carbocycles. The summed E-state index contributed by atoms with van der Waals surface area (Å²) in [6.45, 7) is 19.6. The van der Waals surface area contributed by atoms with E-state index < -0.39 is 5.41 Å². The van der Waals surface area contributed by atoms with E-state index in [0.717, 1.165) is 6.42 Å². The third-order valence-corrected chi connectivity index (χ3v) is 15.6. The van der Waals surface area contributed by atoms with Gasteiger partial charge >= 0.3 is 0 Å². The number of nitrogens with zero attached hydrogens (tertiary/aromatic N) is 1. The summed E-state index contributed by atoms with van der Waals surface area (Å²) in [4.78, 5) is 2.65. The summed E-state index contributed by atoms with van der Waals surface area (Å²) >= 11 is 0. The van der Waals surface area contributed by atoms with E-state index >= 15 is 0 Å². The zero-order valence-corrected chi connectivity index (χ0v) is 36.7. The fraction of sp³-hybridized carbons (Fsp3) is 0.288.